The van der Waals surface area contributed by atoms with E-state index in [0.29, 0.717) is 0 Å². The van der Waals surface area contributed by atoms with E-state index in [9.17, 15) is 0 Å². The van der Waals surface area contributed by atoms with E-state index in [0.717, 1.165) is 24.3 Å². The van der Waals surface area contributed by atoms with Gasteiger partial charge in [0.05, 0.1) is 11.0 Å². The third-order valence-electron chi connectivity index (χ3n) is 3.45. The molecule has 2 heteroatoms. The molecule has 1 heterocycles. The van der Waals surface area contributed by atoms with Crippen LogP contribution in [0.3, 0.4) is 0 Å². The third kappa shape index (κ3) is 2.50. The minimum absolute atomic E-state index is 0.860. The first kappa shape index (κ1) is 12.7. The van der Waals surface area contributed by atoms with Crippen molar-refractivity contribution in [1.29, 1.82) is 0 Å². The molecule has 0 aliphatic rings. The molecule has 0 aliphatic heterocycles. The average molecular weight is 262 g/mol. The smallest absolute Gasteiger partial charge is 0.109 e. The van der Waals surface area contributed by atoms with Crippen LogP contribution < -0.4 is 0 Å². The lowest BCUT2D eigenvalue weighted by Gasteiger charge is -2.04. The first-order chi connectivity index (χ1) is 9.88. The summed E-state index contributed by atoms with van der Waals surface area (Å²) in [7, 11) is 0. The van der Waals surface area contributed by atoms with Crippen molar-refractivity contribution in [2.24, 2.45) is 0 Å². The summed E-state index contributed by atoms with van der Waals surface area (Å²) in [4.78, 5) is 4.69. The Hall–Kier alpha value is -2.35. The lowest BCUT2D eigenvalue weighted by molar-refractivity contribution is 0.770. The van der Waals surface area contributed by atoms with Crippen molar-refractivity contribution in [1.82, 2.24) is 9.55 Å². The number of para-hydroxylation sites is 2. The van der Waals surface area contributed by atoms with E-state index in [1.807, 2.05) is 12.1 Å². The Morgan fingerprint density at radius 3 is 2.55 bits per heavy atom. The van der Waals surface area contributed by atoms with Crippen LogP contribution in [0.1, 0.15) is 18.3 Å². The van der Waals surface area contributed by atoms with E-state index in [1.165, 1.54) is 11.1 Å². The maximum Gasteiger partial charge on any atom is 0.109 e. The molecule has 100 valence electrons. The van der Waals surface area contributed by atoms with Crippen LogP contribution >= 0.6 is 0 Å². The second kappa shape index (κ2) is 5.74. The molecule has 0 fully saturated rings. The quantitative estimate of drug-likeness (QED) is 0.685. The lowest BCUT2D eigenvalue weighted by atomic mass is 10.2. The SMILES string of the molecule is CCc1nc2ccccc2n1CC=Cc1ccccc1. The Labute approximate surface area is 119 Å². The highest BCUT2D eigenvalue weighted by Crippen LogP contribution is 2.16. The Balaban J connectivity index is 1.89. The van der Waals surface area contributed by atoms with Crippen LogP contribution in [0, 0.1) is 0 Å². The number of benzene rings is 2. The van der Waals surface area contributed by atoms with Gasteiger partial charge in [0.2, 0.25) is 0 Å². The van der Waals surface area contributed by atoms with Crippen molar-refractivity contribution >= 4 is 17.1 Å². The predicted octanol–water partition coefficient (Wildman–Crippen LogP) is 4.31. The molecule has 0 spiro atoms. The molecule has 0 bridgehead atoms. The van der Waals surface area contributed by atoms with Crippen molar-refractivity contribution in [3.63, 3.8) is 0 Å². The van der Waals surface area contributed by atoms with E-state index in [1.54, 1.807) is 0 Å². The summed E-state index contributed by atoms with van der Waals surface area (Å²) >= 11 is 0. The summed E-state index contributed by atoms with van der Waals surface area (Å²) in [5.41, 5.74) is 3.52. The van der Waals surface area contributed by atoms with Crippen molar-refractivity contribution in [3.8, 4) is 0 Å². The van der Waals surface area contributed by atoms with Gasteiger partial charge in [-0.25, -0.2) is 4.98 Å². The van der Waals surface area contributed by atoms with Gasteiger partial charge in [-0.15, -0.1) is 0 Å². The lowest BCUT2D eigenvalue weighted by Crippen LogP contribution is -2.00. The molecule has 3 rings (SSSR count). The third-order valence-corrected chi connectivity index (χ3v) is 3.45. The first-order valence-corrected chi connectivity index (χ1v) is 7.04. The number of rotatable bonds is 4. The first-order valence-electron chi connectivity index (χ1n) is 7.04. The minimum Gasteiger partial charge on any atom is -0.324 e. The molecule has 3 aromatic rings. The van der Waals surface area contributed by atoms with E-state index >= 15 is 0 Å². The van der Waals surface area contributed by atoms with E-state index in [4.69, 9.17) is 0 Å². The second-order valence-electron chi connectivity index (χ2n) is 4.79. The molecule has 1 aromatic heterocycles. The number of imidazole rings is 1. The maximum atomic E-state index is 4.69. The summed E-state index contributed by atoms with van der Waals surface area (Å²) in [6.07, 6.45) is 5.31. The summed E-state index contributed by atoms with van der Waals surface area (Å²) in [6, 6.07) is 18.7. The van der Waals surface area contributed by atoms with Gasteiger partial charge < -0.3 is 4.57 Å². The maximum absolute atomic E-state index is 4.69. The van der Waals surface area contributed by atoms with Gasteiger partial charge in [-0.2, -0.15) is 0 Å². The molecule has 0 saturated carbocycles. The molecule has 2 aromatic carbocycles. The van der Waals surface area contributed by atoms with Crippen LogP contribution in [0.4, 0.5) is 0 Å². The van der Waals surface area contributed by atoms with Gasteiger partial charge in [0.15, 0.2) is 0 Å². The van der Waals surface area contributed by atoms with Gasteiger partial charge in [0.25, 0.3) is 0 Å². The number of fused-ring (bicyclic) bond motifs is 1. The molecule has 0 saturated heterocycles. The highest BCUT2D eigenvalue weighted by molar-refractivity contribution is 5.76. The van der Waals surface area contributed by atoms with Crippen molar-refractivity contribution < 1.29 is 0 Å². The molecular weight excluding hydrogens is 244 g/mol. The summed E-state index contributed by atoms with van der Waals surface area (Å²) in [6.45, 7) is 3.01. The zero-order valence-corrected chi connectivity index (χ0v) is 11.7. The van der Waals surface area contributed by atoms with Gasteiger partial charge in [-0.1, -0.05) is 61.5 Å². The van der Waals surface area contributed by atoms with Crippen molar-refractivity contribution in [2.45, 2.75) is 19.9 Å². The van der Waals surface area contributed by atoms with Crippen LogP contribution in [0.25, 0.3) is 17.1 Å². The van der Waals surface area contributed by atoms with Gasteiger partial charge >= 0.3 is 0 Å². The molecule has 0 N–H and O–H groups in total. The molecule has 0 unspecified atom stereocenters. The van der Waals surface area contributed by atoms with Crippen LogP contribution in [0.15, 0.2) is 60.7 Å². The van der Waals surface area contributed by atoms with E-state index in [2.05, 4.69) is 71.1 Å². The van der Waals surface area contributed by atoms with Crippen LogP contribution in [0.5, 0.6) is 0 Å². The van der Waals surface area contributed by atoms with E-state index in [-0.39, 0.29) is 0 Å². The largest absolute Gasteiger partial charge is 0.324 e. The zero-order chi connectivity index (χ0) is 13.8. The van der Waals surface area contributed by atoms with Gasteiger partial charge in [-0.05, 0) is 17.7 Å². The monoisotopic (exact) mass is 262 g/mol. The zero-order valence-electron chi connectivity index (χ0n) is 11.7. The molecule has 2 nitrogen and oxygen atoms in total. The van der Waals surface area contributed by atoms with Crippen molar-refractivity contribution in [3.05, 3.63) is 72.1 Å². The van der Waals surface area contributed by atoms with Crippen LogP contribution in [-0.2, 0) is 13.0 Å². The Bertz CT molecular complexity index is 724. The Kier molecular flexibility index (Phi) is 3.64. The molecule has 0 aliphatic carbocycles. The number of hydrogen-bond acceptors (Lipinski definition) is 1. The number of allylic oxidation sites excluding steroid dienone is 1. The molecule has 0 atom stereocenters. The fourth-order valence-corrected chi connectivity index (χ4v) is 2.46. The topological polar surface area (TPSA) is 17.8 Å². The summed E-state index contributed by atoms with van der Waals surface area (Å²) in [5, 5.41) is 0. The Morgan fingerprint density at radius 2 is 1.75 bits per heavy atom. The molecule has 0 amide bonds. The second-order valence-corrected chi connectivity index (χ2v) is 4.79. The molecular formula is C18H18N2. The van der Waals surface area contributed by atoms with Gasteiger partial charge in [0.1, 0.15) is 5.82 Å². The summed E-state index contributed by atoms with van der Waals surface area (Å²) in [5.74, 6) is 1.14. The average Bonchev–Trinajstić information content (AvgIpc) is 2.87. The predicted molar refractivity (Wildman–Crippen MR) is 84.6 cm³/mol. The number of aromatic nitrogens is 2. The normalized spacial score (nSPS) is 11.4. The van der Waals surface area contributed by atoms with Crippen LogP contribution in [-0.4, -0.2) is 9.55 Å². The Morgan fingerprint density at radius 1 is 1.00 bits per heavy atom. The fraction of sp³-hybridized carbons (Fsp3) is 0.167. The highest BCUT2D eigenvalue weighted by Gasteiger charge is 2.06. The minimum atomic E-state index is 0.860. The van der Waals surface area contributed by atoms with Gasteiger partial charge in [-0.3, -0.25) is 0 Å². The standard InChI is InChI=1S/C18H18N2/c1-2-18-19-16-12-6-7-13-17(16)20(18)14-8-11-15-9-4-3-5-10-15/h3-13H,2,14H2,1H3. The molecule has 20 heavy (non-hydrogen) atoms. The number of nitrogens with zero attached hydrogens (tertiary/aromatic N) is 2. The molecule has 0 radical (unpaired) electrons. The van der Waals surface area contributed by atoms with Gasteiger partial charge in [0, 0.05) is 13.0 Å². The van der Waals surface area contributed by atoms with E-state index < -0.39 is 0 Å². The van der Waals surface area contributed by atoms with Crippen LogP contribution in [0.2, 0.25) is 0 Å². The van der Waals surface area contributed by atoms with Crippen molar-refractivity contribution in [2.75, 3.05) is 0 Å². The number of hydrogen-bond donors (Lipinski definition) is 0. The summed E-state index contributed by atoms with van der Waals surface area (Å²) < 4.78 is 2.29. The highest BCUT2D eigenvalue weighted by atomic mass is 15.1. The number of aryl methyl sites for hydroxylation is 1. The fourth-order valence-electron chi connectivity index (χ4n) is 2.46.